The molecule has 1 N–H and O–H groups in total. The van der Waals surface area contributed by atoms with Crippen LogP contribution in [-0.2, 0) is 0 Å². The molecule has 0 saturated heterocycles. The van der Waals surface area contributed by atoms with Crippen LogP contribution < -0.4 is 0 Å². The highest BCUT2D eigenvalue weighted by atomic mass is 35.5. The summed E-state index contributed by atoms with van der Waals surface area (Å²) >= 11 is 5.46. The summed E-state index contributed by atoms with van der Waals surface area (Å²) in [5.74, 6) is 0.671. The van der Waals surface area contributed by atoms with E-state index in [9.17, 15) is 0 Å². The van der Waals surface area contributed by atoms with Gasteiger partial charge in [0.15, 0.2) is 0 Å². The molecule has 1 aromatic heterocycles. The van der Waals surface area contributed by atoms with Gasteiger partial charge in [0.2, 0.25) is 0 Å². The van der Waals surface area contributed by atoms with Crippen molar-refractivity contribution >= 4 is 17.7 Å². The Balaban J connectivity index is 2.40. The minimum atomic E-state index is 0.671. The van der Waals surface area contributed by atoms with Gasteiger partial charge in [0, 0.05) is 12.1 Å². The van der Waals surface area contributed by atoms with E-state index in [-0.39, 0.29) is 0 Å². The maximum atomic E-state index is 5.46. The molecule has 1 aromatic rings. The number of nitrogens with zero attached hydrogens (tertiary/aromatic N) is 1. The van der Waals surface area contributed by atoms with Gasteiger partial charge in [-0.3, -0.25) is 5.10 Å². The second kappa shape index (κ2) is 4.12. The smallest absolute Gasteiger partial charge is 0.0574 e. The summed E-state index contributed by atoms with van der Waals surface area (Å²) in [7, 11) is 0. The third-order valence-electron chi connectivity index (χ3n) is 1.10. The quantitative estimate of drug-likeness (QED) is 0.667. The van der Waals surface area contributed by atoms with Crippen molar-refractivity contribution < 1.29 is 0 Å². The van der Waals surface area contributed by atoms with Gasteiger partial charge in [-0.05, 0) is 18.6 Å². The molecule has 0 amide bonds. The topological polar surface area (TPSA) is 28.7 Å². The van der Waals surface area contributed by atoms with E-state index >= 15 is 0 Å². The lowest BCUT2D eigenvalue weighted by Gasteiger charge is -1.82. The van der Waals surface area contributed by atoms with Gasteiger partial charge in [-0.25, -0.2) is 0 Å². The van der Waals surface area contributed by atoms with Crippen molar-refractivity contribution in [1.82, 2.24) is 10.2 Å². The number of hydrogen-bond acceptors (Lipinski definition) is 1. The van der Waals surface area contributed by atoms with E-state index in [1.54, 1.807) is 6.20 Å². The molecule has 0 aromatic carbocycles. The van der Waals surface area contributed by atoms with Gasteiger partial charge in [0.25, 0.3) is 0 Å². The molecule has 0 radical (unpaired) electrons. The summed E-state index contributed by atoms with van der Waals surface area (Å²) in [6.07, 6.45) is 6.61. The fourth-order valence-corrected chi connectivity index (χ4v) is 0.759. The van der Waals surface area contributed by atoms with Crippen LogP contribution in [-0.4, -0.2) is 16.1 Å². The third kappa shape index (κ3) is 2.23. The Morgan fingerprint density at radius 1 is 1.70 bits per heavy atom. The van der Waals surface area contributed by atoms with Crippen LogP contribution in [0.5, 0.6) is 0 Å². The third-order valence-corrected chi connectivity index (χ3v) is 1.31. The van der Waals surface area contributed by atoms with Gasteiger partial charge in [-0.1, -0.05) is 6.08 Å². The second-order valence-electron chi connectivity index (χ2n) is 1.89. The van der Waals surface area contributed by atoms with Crippen LogP contribution >= 0.6 is 11.6 Å². The number of alkyl halides is 1. The number of nitrogens with one attached hydrogen (secondary N) is 1. The number of halogens is 1. The van der Waals surface area contributed by atoms with Gasteiger partial charge in [0.1, 0.15) is 0 Å². The monoisotopic (exact) mass is 156 g/mol. The highest BCUT2D eigenvalue weighted by Crippen LogP contribution is 1.96. The van der Waals surface area contributed by atoms with Crippen LogP contribution in [0.3, 0.4) is 0 Å². The van der Waals surface area contributed by atoms with Gasteiger partial charge in [-0.15, -0.1) is 11.6 Å². The fourth-order valence-electron chi connectivity index (χ4n) is 0.633. The molecule has 2 nitrogen and oxygen atoms in total. The van der Waals surface area contributed by atoms with Crippen LogP contribution in [0.15, 0.2) is 18.3 Å². The Morgan fingerprint density at radius 2 is 2.60 bits per heavy atom. The molecule has 1 rings (SSSR count). The molecule has 0 aliphatic heterocycles. The first-order valence-electron chi connectivity index (χ1n) is 3.15. The Morgan fingerprint density at radius 3 is 3.20 bits per heavy atom. The molecule has 0 atom stereocenters. The highest BCUT2D eigenvalue weighted by Gasteiger charge is 1.82. The van der Waals surface area contributed by atoms with Crippen molar-refractivity contribution in [3.63, 3.8) is 0 Å². The van der Waals surface area contributed by atoms with Crippen molar-refractivity contribution in [2.24, 2.45) is 0 Å². The minimum Gasteiger partial charge on any atom is -0.278 e. The fraction of sp³-hybridized carbons (Fsp3) is 0.286. The van der Waals surface area contributed by atoms with E-state index in [0.717, 1.165) is 12.1 Å². The van der Waals surface area contributed by atoms with Crippen molar-refractivity contribution in [3.05, 3.63) is 24.0 Å². The average molecular weight is 157 g/mol. The molecular formula is C7H9ClN2. The summed E-state index contributed by atoms with van der Waals surface area (Å²) in [6, 6.07) is 1.91. The van der Waals surface area contributed by atoms with E-state index in [1.165, 1.54) is 0 Å². The van der Waals surface area contributed by atoms with Gasteiger partial charge < -0.3 is 0 Å². The molecule has 3 heteroatoms. The first-order valence-corrected chi connectivity index (χ1v) is 3.69. The van der Waals surface area contributed by atoms with Crippen molar-refractivity contribution in [1.29, 1.82) is 0 Å². The Bertz CT molecular complexity index is 191. The molecule has 0 unspecified atom stereocenters. The summed E-state index contributed by atoms with van der Waals surface area (Å²) in [4.78, 5) is 0. The number of aromatic nitrogens is 2. The number of aromatic amines is 1. The number of hydrogen-bond donors (Lipinski definition) is 1. The van der Waals surface area contributed by atoms with E-state index in [2.05, 4.69) is 10.2 Å². The van der Waals surface area contributed by atoms with E-state index in [1.807, 2.05) is 18.2 Å². The molecular weight excluding hydrogens is 148 g/mol. The van der Waals surface area contributed by atoms with Gasteiger partial charge in [0.05, 0.1) is 5.69 Å². The number of H-pyrrole nitrogens is 1. The van der Waals surface area contributed by atoms with E-state index in [4.69, 9.17) is 11.6 Å². The van der Waals surface area contributed by atoms with Gasteiger partial charge >= 0.3 is 0 Å². The average Bonchev–Trinajstić information content (AvgIpc) is 2.41. The molecule has 0 bridgehead atoms. The number of allylic oxidation sites excluding steroid dienone is 1. The lowest BCUT2D eigenvalue weighted by atomic mass is 10.3. The highest BCUT2D eigenvalue weighted by molar-refractivity contribution is 6.17. The normalized spacial score (nSPS) is 10.9. The first kappa shape index (κ1) is 7.35. The number of rotatable bonds is 3. The van der Waals surface area contributed by atoms with Gasteiger partial charge in [-0.2, -0.15) is 5.10 Å². The SMILES string of the molecule is ClCCC=Cc1ccn[nH]1. The van der Waals surface area contributed by atoms with Crippen molar-refractivity contribution in [3.8, 4) is 0 Å². The van der Waals surface area contributed by atoms with Crippen LogP contribution in [0.4, 0.5) is 0 Å². The predicted molar refractivity (Wildman–Crippen MR) is 43.0 cm³/mol. The zero-order valence-electron chi connectivity index (χ0n) is 5.55. The summed E-state index contributed by atoms with van der Waals surface area (Å²) < 4.78 is 0. The summed E-state index contributed by atoms with van der Waals surface area (Å²) in [5, 5.41) is 6.61. The van der Waals surface area contributed by atoms with Crippen LogP contribution in [0.2, 0.25) is 0 Å². The molecule has 1 heterocycles. The van der Waals surface area contributed by atoms with Crippen molar-refractivity contribution in [2.75, 3.05) is 5.88 Å². The molecule has 0 saturated carbocycles. The second-order valence-corrected chi connectivity index (χ2v) is 2.27. The molecule has 0 spiro atoms. The van der Waals surface area contributed by atoms with E-state index < -0.39 is 0 Å². The first-order chi connectivity index (χ1) is 4.93. The maximum Gasteiger partial charge on any atom is 0.0574 e. The lowest BCUT2D eigenvalue weighted by molar-refractivity contribution is 1.08. The Kier molecular flexibility index (Phi) is 3.03. The van der Waals surface area contributed by atoms with Crippen molar-refractivity contribution in [2.45, 2.75) is 6.42 Å². The molecule has 0 aliphatic carbocycles. The van der Waals surface area contributed by atoms with E-state index in [0.29, 0.717) is 5.88 Å². The molecule has 0 aliphatic rings. The zero-order chi connectivity index (χ0) is 7.23. The molecule has 10 heavy (non-hydrogen) atoms. The minimum absolute atomic E-state index is 0.671. The zero-order valence-corrected chi connectivity index (χ0v) is 6.30. The molecule has 0 fully saturated rings. The van der Waals surface area contributed by atoms with Crippen LogP contribution in [0.25, 0.3) is 6.08 Å². The maximum absolute atomic E-state index is 5.46. The molecule has 54 valence electrons. The van der Waals surface area contributed by atoms with Crippen LogP contribution in [0.1, 0.15) is 12.1 Å². The summed E-state index contributed by atoms with van der Waals surface area (Å²) in [6.45, 7) is 0. The standard InChI is InChI=1S/C7H9ClN2/c8-5-2-1-3-7-4-6-9-10-7/h1,3-4,6H,2,5H2,(H,9,10). The lowest BCUT2D eigenvalue weighted by Crippen LogP contribution is -1.71. The largest absolute Gasteiger partial charge is 0.278 e. The Labute approximate surface area is 64.9 Å². The predicted octanol–water partition coefficient (Wildman–Crippen LogP) is 2.05. The summed E-state index contributed by atoms with van der Waals surface area (Å²) in [5.41, 5.74) is 1.02. The van der Waals surface area contributed by atoms with Crippen LogP contribution in [0, 0.1) is 0 Å². The Hall–Kier alpha value is -0.760.